The fourth-order valence-electron chi connectivity index (χ4n) is 8.21. The Morgan fingerprint density at radius 1 is 0.351 bits per heavy atom. The molecule has 11 rings (SSSR count). The smallest absolute Gasteiger partial charge is 0.160 e. The van der Waals surface area contributed by atoms with Crippen LogP contribution in [0, 0.1) is 0 Å². The van der Waals surface area contributed by atoms with Gasteiger partial charge in [-0.1, -0.05) is 140 Å². The molecule has 0 saturated heterocycles. The Morgan fingerprint density at radius 3 is 1.84 bits per heavy atom. The van der Waals surface area contributed by atoms with Crippen LogP contribution in [0.4, 0.5) is 0 Å². The molecule has 0 amide bonds. The zero-order chi connectivity index (χ0) is 37.7. The molecular formula is C52H33N5. The molecule has 0 spiro atoms. The highest BCUT2D eigenvalue weighted by Crippen LogP contribution is 2.43. The fraction of sp³-hybridized carbons (Fsp3) is 0. The standard InChI is InChI=1S/C52H33N5/c1-3-14-34(15-4-1)35-25-27-36(28-26-35)52-55-45(33-46(56-52)44-23-11-12-31-53-44)37-16-13-17-38(32-37)51-42-29-30-48-50(49(42)40-20-7-9-22-43(40)54-51)41-21-8-10-24-47(41)57(48)39-18-5-2-6-19-39/h1-33H. The second-order valence-corrected chi connectivity index (χ2v) is 14.2. The topological polar surface area (TPSA) is 56.5 Å². The lowest BCUT2D eigenvalue weighted by atomic mass is 9.95. The molecule has 0 unspecified atom stereocenters. The Hall–Kier alpha value is -7.76. The zero-order valence-corrected chi connectivity index (χ0v) is 30.8. The molecule has 0 fully saturated rings. The van der Waals surface area contributed by atoms with Gasteiger partial charge in [-0.2, -0.15) is 0 Å². The van der Waals surface area contributed by atoms with Crippen LogP contribution in [-0.4, -0.2) is 24.5 Å². The average molecular weight is 728 g/mol. The molecule has 5 heteroatoms. The normalized spacial score (nSPS) is 11.5. The summed E-state index contributed by atoms with van der Waals surface area (Å²) in [5, 5.41) is 5.87. The van der Waals surface area contributed by atoms with Crippen LogP contribution in [0.25, 0.3) is 106 Å². The molecule has 266 valence electrons. The summed E-state index contributed by atoms with van der Waals surface area (Å²) in [5.74, 6) is 0.643. The van der Waals surface area contributed by atoms with Crippen LogP contribution in [0.2, 0.25) is 0 Å². The van der Waals surface area contributed by atoms with E-state index in [9.17, 15) is 0 Å². The van der Waals surface area contributed by atoms with Gasteiger partial charge in [0.2, 0.25) is 0 Å². The number of hydrogen-bond acceptors (Lipinski definition) is 4. The number of pyridine rings is 2. The monoisotopic (exact) mass is 727 g/mol. The molecule has 57 heavy (non-hydrogen) atoms. The Bertz CT molecular complexity index is 3270. The van der Waals surface area contributed by atoms with Crippen molar-refractivity contribution in [2.45, 2.75) is 0 Å². The lowest BCUT2D eigenvalue weighted by Gasteiger charge is -2.14. The van der Waals surface area contributed by atoms with Crippen molar-refractivity contribution < 1.29 is 0 Å². The van der Waals surface area contributed by atoms with Gasteiger partial charge in [0, 0.05) is 55.5 Å². The van der Waals surface area contributed by atoms with E-state index in [2.05, 4.69) is 173 Å². The fourth-order valence-corrected chi connectivity index (χ4v) is 8.21. The van der Waals surface area contributed by atoms with Crippen LogP contribution in [0.1, 0.15) is 0 Å². The van der Waals surface area contributed by atoms with Crippen molar-refractivity contribution in [3.63, 3.8) is 0 Å². The van der Waals surface area contributed by atoms with Gasteiger partial charge in [0.15, 0.2) is 5.82 Å². The van der Waals surface area contributed by atoms with Crippen LogP contribution >= 0.6 is 0 Å². The second kappa shape index (κ2) is 13.5. The minimum Gasteiger partial charge on any atom is -0.309 e. The number of hydrogen-bond donors (Lipinski definition) is 0. The Kier molecular flexibility index (Phi) is 7.74. The molecule has 4 aromatic heterocycles. The molecule has 7 aromatic carbocycles. The first kappa shape index (κ1) is 32.7. The summed E-state index contributed by atoms with van der Waals surface area (Å²) >= 11 is 0. The van der Waals surface area contributed by atoms with Crippen LogP contribution in [-0.2, 0) is 0 Å². The minimum atomic E-state index is 0.643. The first-order valence-electron chi connectivity index (χ1n) is 19.1. The number of aromatic nitrogens is 5. The summed E-state index contributed by atoms with van der Waals surface area (Å²) in [6.45, 7) is 0. The van der Waals surface area contributed by atoms with Gasteiger partial charge in [-0.3, -0.25) is 4.98 Å². The maximum absolute atomic E-state index is 5.37. The predicted molar refractivity (Wildman–Crippen MR) is 234 cm³/mol. The third kappa shape index (κ3) is 5.64. The third-order valence-corrected chi connectivity index (χ3v) is 10.8. The van der Waals surface area contributed by atoms with E-state index in [1.807, 2.05) is 30.3 Å². The largest absolute Gasteiger partial charge is 0.309 e. The van der Waals surface area contributed by atoms with Crippen LogP contribution in [0.15, 0.2) is 200 Å². The summed E-state index contributed by atoms with van der Waals surface area (Å²) in [4.78, 5) is 20.3. The van der Waals surface area contributed by atoms with Crippen molar-refractivity contribution in [2.24, 2.45) is 0 Å². The minimum absolute atomic E-state index is 0.643. The van der Waals surface area contributed by atoms with E-state index in [1.165, 1.54) is 32.8 Å². The first-order chi connectivity index (χ1) is 28.3. The van der Waals surface area contributed by atoms with Crippen molar-refractivity contribution >= 4 is 43.5 Å². The van der Waals surface area contributed by atoms with E-state index in [1.54, 1.807) is 6.20 Å². The molecule has 5 nitrogen and oxygen atoms in total. The molecule has 0 aliphatic carbocycles. The molecule has 0 atom stereocenters. The summed E-state index contributed by atoms with van der Waals surface area (Å²) < 4.78 is 2.38. The summed E-state index contributed by atoms with van der Waals surface area (Å²) in [7, 11) is 0. The van der Waals surface area contributed by atoms with E-state index in [0.717, 1.165) is 67.0 Å². The van der Waals surface area contributed by atoms with Crippen LogP contribution in [0.5, 0.6) is 0 Å². The average Bonchev–Trinajstić information content (AvgIpc) is 3.64. The van der Waals surface area contributed by atoms with Gasteiger partial charge in [0.1, 0.15) is 0 Å². The molecule has 0 aliphatic heterocycles. The molecule has 0 N–H and O–H groups in total. The summed E-state index contributed by atoms with van der Waals surface area (Å²) in [5.41, 5.74) is 13.0. The molecule has 0 aliphatic rings. The van der Waals surface area contributed by atoms with E-state index in [0.29, 0.717) is 5.82 Å². The molecule has 0 bridgehead atoms. The molecule has 4 heterocycles. The van der Waals surface area contributed by atoms with Gasteiger partial charge in [-0.05, 0) is 65.7 Å². The highest BCUT2D eigenvalue weighted by molar-refractivity contribution is 6.29. The maximum Gasteiger partial charge on any atom is 0.160 e. The van der Waals surface area contributed by atoms with Gasteiger partial charge in [0.05, 0.1) is 39.3 Å². The van der Waals surface area contributed by atoms with Gasteiger partial charge in [-0.25, -0.2) is 15.0 Å². The number of para-hydroxylation sites is 3. The van der Waals surface area contributed by atoms with Crippen LogP contribution < -0.4 is 0 Å². The Balaban J connectivity index is 1.11. The highest BCUT2D eigenvalue weighted by Gasteiger charge is 2.20. The van der Waals surface area contributed by atoms with Crippen LogP contribution in [0.3, 0.4) is 0 Å². The van der Waals surface area contributed by atoms with E-state index in [-0.39, 0.29) is 0 Å². The lowest BCUT2D eigenvalue weighted by Crippen LogP contribution is -1.97. The first-order valence-corrected chi connectivity index (χ1v) is 19.1. The van der Waals surface area contributed by atoms with Crippen molar-refractivity contribution in [1.29, 1.82) is 0 Å². The molecular weight excluding hydrogens is 695 g/mol. The quantitative estimate of drug-likeness (QED) is 0.160. The number of fused-ring (bicyclic) bond motifs is 7. The van der Waals surface area contributed by atoms with Crippen molar-refractivity contribution in [2.75, 3.05) is 0 Å². The van der Waals surface area contributed by atoms with E-state index >= 15 is 0 Å². The number of benzene rings is 7. The predicted octanol–water partition coefficient (Wildman–Crippen LogP) is 13.0. The highest BCUT2D eigenvalue weighted by atomic mass is 15.0. The Morgan fingerprint density at radius 2 is 1.02 bits per heavy atom. The molecule has 0 radical (unpaired) electrons. The van der Waals surface area contributed by atoms with Gasteiger partial charge < -0.3 is 4.57 Å². The van der Waals surface area contributed by atoms with Crippen molar-refractivity contribution in [3.8, 4) is 62.1 Å². The summed E-state index contributed by atoms with van der Waals surface area (Å²) in [6, 6.07) is 67.7. The number of nitrogens with zero attached hydrogens (tertiary/aromatic N) is 5. The SMILES string of the molecule is c1ccc(-c2ccc(-c3nc(-c4cccc(-c5nc6ccccc6c6c5ccc5c6c6ccccc6n5-c5ccccc5)c4)cc(-c4ccccn4)n3)cc2)cc1. The third-order valence-electron chi connectivity index (χ3n) is 10.8. The van der Waals surface area contributed by atoms with Crippen molar-refractivity contribution in [1.82, 2.24) is 24.5 Å². The van der Waals surface area contributed by atoms with E-state index in [4.69, 9.17) is 15.0 Å². The lowest BCUT2D eigenvalue weighted by molar-refractivity contribution is 1.16. The summed E-state index contributed by atoms with van der Waals surface area (Å²) in [6.07, 6.45) is 1.80. The van der Waals surface area contributed by atoms with Crippen molar-refractivity contribution in [3.05, 3.63) is 200 Å². The molecule has 0 saturated carbocycles. The van der Waals surface area contributed by atoms with Gasteiger partial charge >= 0.3 is 0 Å². The maximum atomic E-state index is 5.37. The Labute approximate surface area is 329 Å². The van der Waals surface area contributed by atoms with E-state index < -0.39 is 0 Å². The van der Waals surface area contributed by atoms with Gasteiger partial charge in [0.25, 0.3) is 0 Å². The molecule has 11 aromatic rings. The van der Waals surface area contributed by atoms with Gasteiger partial charge in [-0.15, -0.1) is 0 Å². The number of rotatable bonds is 6. The second-order valence-electron chi connectivity index (χ2n) is 14.2. The zero-order valence-electron chi connectivity index (χ0n) is 30.8.